The van der Waals surface area contributed by atoms with E-state index in [1.165, 1.54) is 0 Å². The van der Waals surface area contributed by atoms with Crippen molar-refractivity contribution in [3.63, 3.8) is 0 Å². The number of ether oxygens (including phenoxy) is 1. The highest BCUT2D eigenvalue weighted by Gasteiger charge is 2.29. The topological polar surface area (TPSA) is 29.5 Å². The molecule has 5 heteroatoms. The molecule has 2 rings (SSSR count). The standard InChI is InChI=1S/C15H19Cl2NO2/c1-2-20-15(19)14-5-3-4-8-18(14)10-11-6-7-12(16)13(17)9-11/h6-7,9,14H,2-5,8,10H2,1H3. The third kappa shape index (κ3) is 3.87. The van der Waals surface area contributed by atoms with Gasteiger partial charge < -0.3 is 4.74 Å². The number of hydrogen-bond donors (Lipinski definition) is 0. The zero-order chi connectivity index (χ0) is 14.5. The molecule has 1 fully saturated rings. The Balaban J connectivity index is 2.08. The summed E-state index contributed by atoms with van der Waals surface area (Å²) in [5.41, 5.74) is 1.07. The van der Waals surface area contributed by atoms with E-state index < -0.39 is 0 Å². The summed E-state index contributed by atoms with van der Waals surface area (Å²) in [5, 5.41) is 1.10. The minimum Gasteiger partial charge on any atom is -0.465 e. The molecule has 0 spiro atoms. The average molecular weight is 316 g/mol. The van der Waals surface area contributed by atoms with Crippen molar-refractivity contribution in [3.05, 3.63) is 33.8 Å². The Kier molecular flexibility index (Phi) is 5.70. The zero-order valence-corrected chi connectivity index (χ0v) is 13.1. The number of likely N-dealkylation sites (tertiary alicyclic amines) is 1. The van der Waals surface area contributed by atoms with Crippen molar-refractivity contribution in [2.75, 3.05) is 13.2 Å². The van der Waals surface area contributed by atoms with Crippen molar-refractivity contribution in [2.24, 2.45) is 0 Å². The Hall–Kier alpha value is -0.770. The number of piperidine rings is 1. The third-order valence-electron chi connectivity index (χ3n) is 3.54. The fourth-order valence-corrected chi connectivity index (χ4v) is 2.88. The summed E-state index contributed by atoms with van der Waals surface area (Å²) in [7, 11) is 0. The SMILES string of the molecule is CCOC(=O)C1CCCCN1Cc1ccc(Cl)c(Cl)c1. The van der Waals surface area contributed by atoms with Crippen LogP contribution in [0.15, 0.2) is 18.2 Å². The number of carbonyl (C=O) groups excluding carboxylic acids is 1. The average Bonchev–Trinajstić information content (AvgIpc) is 2.44. The highest BCUT2D eigenvalue weighted by Crippen LogP contribution is 2.25. The third-order valence-corrected chi connectivity index (χ3v) is 4.28. The maximum absolute atomic E-state index is 12.0. The highest BCUT2D eigenvalue weighted by molar-refractivity contribution is 6.42. The number of hydrogen-bond acceptors (Lipinski definition) is 3. The van der Waals surface area contributed by atoms with Crippen molar-refractivity contribution in [1.82, 2.24) is 4.90 Å². The molecule has 3 nitrogen and oxygen atoms in total. The van der Waals surface area contributed by atoms with Crippen LogP contribution < -0.4 is 0 Å². The molecule has 1 aromatic carbocycles. The number of halogens is 2. The molecule has 0 saturated carbocycles. The molecule has 0 amide bonds. The van der Waals surface area contributed by atoms with E-state index in [9.17, 15) is 4.79 Å². The summed E-state index contributed by atoms with van der Waals surface area (Å²) >= 11 is 12.0. The largest absolute Gasteiger partial charge is 0.465 e. The Labute approximate surface area is 129 Å². The van der Waals surface area contributed by atoms with Gasteiger partial charge in [0.25, 0.3) is 0 Å². The van der Waals surface area contributed by atoms with Crippen LogP contribution in [0.1, 0.15) is 31.7 Å². The zero-order valence-electron chi connectivity index (χ0n) is 11.6. The second-order valence-corrected chi connectivity index (χ2v) is 5.80. The smallest absolute Gasteiger partial charge is 0.323 e. The predicted molar refractivity (Wildman–Crippen MR) is 81.1 cm³/mol. The summed E-state index contributed by atoms with van der Waals surface area (Å²) in [5.74, 6) is -0.118. The first-order chi connectivity index (χ1) is 9.61. The number of benzene rings is 1. The Morgan fingerprint density at radius 2 is 2.15 bits per heavy atom. The molecule has 0 radical (unpaired) electrons. The number of rotatable bonds is 4. The quantitative estimate of drug-likeness (QED) is 0.789. The van der Waals surface area contributed by atoms with Gasteiger partial charge in [-0.1, -0.05) is 35.7 Å². The van der Waals surface area contributed by atoms with Crippen molar-refractivity contribution in [2.45, 2.75) is 38.8 Å². The molecular formula is C15H19Cl2NO2. The summed E-state index contributed by atoms with van der Waals surface area (Å²) in [6, 6.07) is 5.46. The Morgan fingerprint density at radius 3 is 2.85 bits per heavy atom. The molecule has 110 valence electrons. The molecule has 0 aromatic heterocycles. The van der Waals surface area contributed by atoms with Crippen LogP contribution in [-0.2, 0) is 16.1 Å². The summed E-state index contributed by atoms with van der Waals surface area (Å²) < 4.78 is 5.16. The maximum Gasteiger partial charge on any atom is 0.323 e. The van der Waals surface area contributed by atoms with Gasteiger partial charge in [-0.25, -0.2) is 0 Å². The Morgan fingerprint density at radius 1 is 1.35 bits per heavy atom. The normalized spacial score (nSPS) is 19.9. The summed E-state index contributed by atoms with van der Waals surface area (Å²) in [6.07, 6.45) is 3.04. The first-order valence-electron chi connectivity index (χ1n) is 6.96. The second kappa shape index (κ2) is 7.30. The van der Waals surface area contributed by atoms with E-state index in [0.29, 0.717) is 23.2 Å². The van der Waals surface area contributed by atoms with Crippen LogP contribution in [0.5, 0.6) is 0 Å². The molecule has 20 heavy (non-hydrogen) atoms. The van der Waals surface area contributed by atoms with Gasteiger partial charge in [-0.05, 0) is 44.0 Å². The van der Waals surface area contributed by atoms with E-state index in [2.05, 4.69) is 4.90 Å². The van der Waals surface area contributed by atoms with E-state index in [0.717, 1.165) is 31.4 Å². The molecule has 1 aromatic rings. The van der Waals surface area contributed by atoms with E-state index in [1.807, 2.05) is 19.1 Å². The van der Waals surface area contributed by atoms with Crippen LogP contribution in [-0.4, -0.2) is 30.1 Å². The van der Waals surface area contributed by atoms with Gasteiger partial charge in [0.2, 0.25) is 0 Å². The van der Waals surface area contributed by atoms with Crippen LogP contribution in [0, 0.1) is 0 Å². The number of carbonyl (C=O) groups is 1. The number of nitrogens with zero attached hydrogens (tertiary/aromatic N) is 1. The molecule has 0 N–H and O–H groups in total. The van der Waals surface area contributed by atoms with Crippen LogP contribution >= 0.6 is 23.2 Å². The molecule has 1 aliphatic heterocycles. The second-order valence-electron chi connectivity index (χ2n) is 4.98. The monoisotopic (exact) mass is 315 g/mol. The molecule has 1 aliphatic rings. The lowest BCUT2D eigenvalue weighted by molar-refractivity contribution is -0.151. The summed E-state index contributed by atoms with van der Waals surface area (Å²) in [4.78, 5) is 14.2. The van der Waals surface area contributed by atoms with Crippen molar-refractivity contribution >= 4 is 29.2 Å². The lowest BCUT2D eigenvalue weighted by atomic mass is 10.0. The number of esters is 1. The van der Waals surface area contributed by atoms with Gasteiger partial charge in [-0.3, -0.25) is 9.69 Å². The van der Waals surface area contributed by atoms with Gasteiger partial charge in [0.05, 0.1) is 16.7 Å². The first kappa shape index (κ1) is 15.6. The van der Waals surface area contributed by atoms with E-state index in [-0.39, 0.29) is 12.0 Å². The van der Waals surface area contributed by atoms with Crippen LogP contribution in [0.3, 0.4) is 0 Å². The van der Waals surface area contributed by atoms with Crippen molar-refractivity contribution in [3.8, 4) is 0 Å². The predicted octanol–water partition coefficient (Wildman–Crippen LogP) is 3.91. The molecule has 1 unspecified atom stereocenters. The highest BCUT2D eigenvalue weighted by atomic mass is 35.5. The van der Waals surface area contributed by atoms with Gasteiger partial charge in [-0.2, -0.15) is 0 Å². The molecule has 0 bridgehead atoms. The lowest BCUT2D eigenvalue weighted by Gasteiger charge is -2.34. The van der Waals surface area contributed by atoms with Gasteiger partial charge >= 0.3 is 5.97 Å². The van der Waals surface area contributed by atoms with Crippen molar-refractivity contribution < 1.29 is 9.53 Å². The van der Waals surface area contributed by atoms with Gasteiger partial charge in [-0.15, -0.1) is 0 Å². The van der Waals surface area contributed by atoms with Gasteiger partial charge in [0, 0.05) is 6.54 Å². The van der Waals surface area contributed by atoms with Crippen LogP contribution in [0.4, 0.5) is 0 Å². The molecule has 1 atom stereocenters. The Bertz CT molecular complexity index is 479. The fourth-order valence-electron chi connectivity index (χ4n) is 2.56. The fraction of sp³-hybridized carbons (Fsp3) is 0.533. The van der Waals surface area contributed by atoms with Crippen LogP contribution in [0.2, 0.25) is 10.0 Å². The maximum atomic E-state index is 12.0. The molecular weight excluding hydrogens is 297 g/mol. The lowest BCUT2D eigenvalue weighted by Crippen LogP contribution is -2.44. The van der Waals surface area contributed by atoms with Crippen molar-refractivity contribution in [1.29, 1.82) is 0 Å². The van der Waals surface area contributed by atoms with Gasteiger partial charge in [0.15, 0.2) is 0 Å². The van der Waals surface area contributed by atoms with E-state index in [4.69, 9.17) is 27.9 Å². The molecule has 1 saturated heterocycles. The molecule has 0 aliphatic carbocycles. The molecule has 1 heterocycles. The minimum absolute atomic E-state index is 0.118. The first-order valence-corrected chi connectivity index (χ1v) is 7.72. The summed E-state index contributed by atoms with van der Waals surface area (Å²) in [6.45, 7) is 3.87. The van der Waals surface area contributed by atoms with Crippen LogP contribution in [0.25, 0.3) is 0 Å². The van der Waals surface area contributed by atoms with Gasteiger partial charge in [0.1, 0.15) is 6.04 Å². The van der Waals surface area contributed by atoms with E-state index in [1.54, 1.807) is 6.07 Å². The minimum atomic E-state index is -0.141. The van der Waals surface area contributed by atoms with E-state index >= 15 is 0 Å².